The molecule has 0 radical (unpaired) electrons. The summed E-state index contributed by atoms with van der Waals surface area (Å²) in [6.45, 7) is 6.42. The largest absolute Gasteiger partial charge is 0.462 e. The molecule has 6 nitrogen and oxygen atoms in total. The molecular weight excluding hydrogens is 841 g/mol. The second-order valence-corrected chi connectivity index (χ2v) is 19.2. The number of unbranched alkanes of at least 4 members (excludes halogenated alkanes) is 29. The molecule has 0 amide bonds. The fourth-order valence-corrected chi connectivity index (χ4v) is 8.12. The number of carbonyl (C=O) groups excluding carboxylic acids is 3. The maximum atomic E-state index is 12.7. The zero-order valence-corrected chi connectivity index (χ0v) is 44.9. The van der Waals surface area contributed by atoms with Gasteiger partial charge in [-0.05, 0) is 83.5 Å². The van der Waals surface area contributed by atoms with Crippen LogP contribution in [-0.2, 0) is 28.6 Å². The maximum absolute atomic E-state index is 12.7. The zero-order chi connectivity index (χ0) is 49.3. The van der Waals surface area contributed by atoms with Crippen LogP contribution in [0.15, 0.2) is 72.9 Å². The van der Waals surface area contributed by atoms with Crippen LogP contribution in [-0.4, -0.2) is 37.2 Å². The monoisotopic (exact) mass is 949 g/mol. The molecule has 0 fully saturated rings. The van der Waals surface area contributed by atoms with Gasteiger partial charge in [0, 0.05) is 19.3 Å². The summed E-state index contributed by atoms with van der Waals surface area (Å²) in [6.07, 6.45) is 72.3. The molecule has 0 aromatic heterocycles. The summed E-state index contributed by atoms with van der Waals surface area (Å²) >= 11 is 0. The van der Waals surface area contributed by atoms with Gasteiger partial charge in [-0.2, -0.15) is 0 Å². The normalized spacial score (nSPS) is 12.6. The third-order valence-corrected chi connectivity index (χ3v) is 12.4. The predicted molar refractivity (Wildman–Crippen MR) is 293 cm³/mol. The van der Waals surface area contributed by atoms with Gasteiger partial charge in [-0.3, -0.25) is 14.4 Å². The highest BCUT2D eigenvalue weighted by Gasteiger charge is 2.19. The predicted octanol–water partition coefficient (Wildman–Crippen LogP) is 19.4. The van der Waals surface area contributed by atoms with Crippen LogP contribution in [0.4, 0.5) is 0 Å². The van der Waals surface area contributed by atoms with E-state index in [1.807, 2.05) is 0 Å². The molecule has 0 aliphatic rings. The van der Waals surface area contributed by atoms with Crippen LogP contribution >= 0.6 is 0 Å². The molecule has 0 aliphatic heterocycles. The Labute approximate surface area is 421 Å². The highest BCUT2D eigenvalue weighted by Crippen LogP contribution is 2.16. The smallest absolute Gasteiger partial charge is 0.306 e. The van der Waals surface area contributed by atoms with Gasteiger partial charge in [-0.25, -0.2) is 0 Å². The summed E-state index contributed by atoms with van der Waals surface area (Å²) in [4.78, 5) is 37.8. The Bertz CT molecular complexity index is 1270. The Morgan fingerprint density at radius 1 is 0.309 bits per heavy atom. The van der Waals surface area contributed by atoms with Crippen molar-refractivity contribution < 1.29 is 28.6 Å². The first-order valence-electron chi connectivity index (χ1n) is 28.9. The lowest BCUT2D eigenvalue weighted by molar-refractivity contribution is -0.167. The molecular formula is C62H108O6. The van der Waals surface area contributed by atoms with Gasteiger partial charge in [0.15, 0.2) is 6.10 Å². The first-order chi connectivity index (χ1) is 33.5. The third-order valence-electron chi connectivity index (χ3n) is 12.4. The lowest BCUT2D eigenvalue weighted by Crippen LogP contribution is -2.30. The van der Waals surface area contributed by atoms with Crippen LogP contribution in [0.1, 0.15) is 284 Å². The van der Waals surface area contributed by atoms with Gasteiger partial charge < -0.3 is 14.2 Å². The van der Waals surface area contributed by atoms with Gasteiger partial charge in [0.25, 0.3) is 0 Å². The van der Waals surface area contributed by atoms with E-state index in [0.717, 1.165) is 109 Å². The molecule has 0 saturated carbocycles. The Kier molecular flexibility index (Phi) is 53.8. The van der Waals surface area contributed by atoms with Crippen LogP contribution in [0.25, 0.3) is 0 Å². The fourth-order valence-electron chi connectivity index (χ4n) is 8.12. The minimum absolute atomic E-state index is 0.0751. The second-order valence-electron chi connectivity index (χ2n) is 19.2. The second kappa shape index (κ2) is 56.4. The summed E-state index contributed by atoms with van der Waals surface area (Å²) in [5.41, 5.74) is 0. The molecule has 0 N–H and O–H groups in total. The summed E-state index contributed by atoms with van der Waals surface area (Å²) in [6, 6.07) is 0. The van der Waals surface area contributed by atoms with E-state index < -0.39 is 6.10 Å². The number of hydrogen-bond donors (Lipinski definition) is 0. The number of ether oxygens (including phenoxy) is 3. The molecule has 1 atom stereocenters. The number of esters is 3. The first-order valence-corrected chi connectivity index (χ1v) is 28.9. The van der Waals surface area contributed by atoms with Crippen molar-refractivity contribution in [2.75, 3.05) is 13.2 Å². The minimum atomic E-state index is -0.772. The quantitative estimate of drug-likeness (QED) is 0.0262. The molecule has 0 bridgehead atoms. The summed E-state index contributed by atoms with van der Waals surface area (Å²) in [5, 5.41) is 0. The molecule has 1 unspecified atom stereocenters. The molecule has 0 aliphatic carbocycles. The van der Waals surface area contributed by atoms with Gasteiger partial charge in [0.05, 0.1) is 0 Å². The Morgan fingerprint density at radius 2 is 0.603 bits per heavy atom. The fraction of sp³-hybridized carbons (Fsp3) is 0.758. The van der Waals surface area contributed by atoms with Crippen molar-refractivity contribution >= 4 is 17.9 Å². The molecule has 0 heterocycles. The number of rotatable bonds is 52. The van der Waals surface area contributed by atoms with E-state index in [4.69, 9.17) is 14.2 Å². The molecule has 0 rings (SSSR count). The lowest BCUT2D eigenvalue weighted by atomic mass is 10.0. The first kappa shape index (κ1) is 64.8. The van der Waals surface area contributed by atoms with Gasteiger partial charge >= 0.3 is 17.9 Å². The van der Waals surface area contributed by atoms with Crippen molar-refractivity contribution in [3.05, 3.63) is 72.9 Å². The molecule has 0 aromatic rings. The van der Waals surface area contributed by atoms with Gasteiger partial charge in [0.2, 0.25) is 0 Å². The highest BCUT2D eigenvalue weighted by molar-refractivity contribution is 5.71. The summed E-state index contributed by atoms with van der Waals surface area (Å²) in [7, 11) is 0. The maximum Gasteiger partial charge on any atom is 0.306 e. The molecule has 6 heteroatoms. The van der Waals surface area contributed by atoms with Crippen LogP contribution in [0.2, 0.25) is 0 Å². The highest BCUT2D eigenvalue weighted by atomic mass is 16.6. The van der Waals surface area contributed by atoms with Crippen LogP contribution in [0.3, 0.4) is 0 Å². The van der Waals surface area contributed by atoms with E-state index in [1.54, 1.807) is 0 Å². The van der Waals surface area contributed by atoms with E-state index in [-0.39, 0.29) is 31.1 Å². The Morgan fingerprint density at radius 3 is 0.971 bits per heavy atom. The molecule has 0 spiro atoms. The van der Waals surface area contributed by atoms with Crippen LogP contribution in [0, 0.1) is 0 Å². The van der Waals surface area contributed by atoms with Crippen molar-refractivity contribution in [1.29, 1.82) is 0 Å². The van der Waals surface area contributed by atoms with E-state index in [1.165, 1.54) is 135 Å². The molecule has 392 valence electrons. The lowest BCUT2D eigenvalue weighted by Gasteiger charge is -2.18. The van der Waals surface area contributed by atoms with Gasteiger partial charge in [0.1, 0.15) is 13.2 Å². The molecule has 0 aromatic carbocycles. The van der Waals surface area contributed by atoms with E-state index in [9.17, 15) is 14.4 Å². The SMILES string of the molecule is CC/C=C\C/C=C\C/C=C\C/C=C\C/C=C\CCCCCCCCCCCCCCCCCCCC(=O)OCC(COC(=O)CCCCCCCCC)OC(=O)CCCCCCC/C=C\CCC. The number of hydrogen-bond acceptors (Lipinski definition) is 6. The van der Waals surface area contributed by atoms with Crippen molar-refractivity contribution in [1.82, 2.24) is 0 Å². The van der Waals surface area contributed by atoms with Crippen molar-refractivity contribution in [3.8, 4) is 0 Å². The minimum Gasteiger partial charge on any atom is -0.462 e. The zero-order valence-electron chi connectivity index (χ0n) is 44.9. The van der Waals surface area contributed by atoms with Crippen molar-refractivity contribution in [2.45, 2.75) is 290 Å². The Hall–Kier alpha value is -3.15. The topological polar surface area (TPSA) is 78.9 Å². The van der Waals surface area contributed by atoms with Gasteiger partial charge in [-0.15, -0.1) is 0 Å². The van der Waals surface area contributed by atoms with E-state index >= 15 is 0 Å². The van der Waals surface area contributed by atoms with Gasteiger partial charge in [-0.1, -0.05) is 254 Å². The average molecular weight is 950 g/mol. The molecule has 68 heavy (non-hydrogen) atoms. The van der Waals surface area contributed by atoms with Crippen molar-refractivity contribution in [2.24, 2.45) is 0 Å². The standard InChI is InChI=1S/C62H108O6/c1-4-7-10-13-16-18-20-21-22-23-24-25-26-27-28-29-30-31-32-33-34-35-36-37-38-39-40-41-42-44-46-49-52-55-61(64)67-58-59(57-66-60(63)54-51-48-45-15-12-9-6-3)68-62(65)56-53-50-47-43-19-17-14-11-8-5-2/h7,10-11,14,16,18,21-22,24-25,27-28,59H,4-6,8-9,12-13,15,17,19-20,23,26,29-58H2,1-3H3/b10-7-,14-11-,18-16-,22-21-,25-24-,28-27-. The number of allylic oxidation sites excluding steroid dienone is 12. The van der Waals surface area contributed by atoms with E-state index in [2.05, 4.69) is 93.7 Å². The summed E-state index contributed by atoms with van der Waals surface area (Å²) < 4.78 is 16.7. The number of carbonyl (C=O) groups is 3. The van der Waals surface area contributed by atoms with Crippen LogP contribution < -0.4 is 0 Å². The third kappa shape index (κ3) is 53.8. The van der Waals surface area contributed by atoms with Crippen LogP contribution in [0.5, 0.6) is 0 Å². The van der Waals surface area contributed by atoms with E-state index in [0.29, 0.717) is 19.3 Å². The molecule has 0 saturated heterocycles. The van der Waals surface area contributed by atoms with Crippen molar-refractivity contribution in [3.63, 3.8) is 0 Å². The Balaban J connectivity index is 3.93. The summed E-state index contributed by atoms with van der Waals surface area (Å²) in [5.74, 6) is -0.886. The average Bonchev–Trinajstić information content (AvgIpc) is 3.34.